The normalized spacial score (nSPS) is 15.7. The van der Waals surface area contributed by atoms with Gasteiger partial charge in [-0.3, -0.25) is 4.79 Å². The maximum Gasteiger partial charge on any atom is 0.281 e. The first-order valence-electron chi connectivity index (χ1n) is 9.01. The predicted molar refractivity (Wildman–Crippen MR) is 109 cm³/mol. The minimum Gasteiger partial charge on any atom is -0.496 e. The Hall–Kier alpha value is -3.33. The molecule has 3 aromatic carbocycles. The molecule has 1 heterocycles. The van der Waals surface area contributed by atoms with Crippen LogP contribution in [-0.4, -0.2) is 23.1 Å². The average Bonchev–Trinajstić information content (AvgIpc) is 3.18. The smallest absolute Gasteiger partial charge is 0.281 e. The second-order valence-electron chi connectivity index (χ2n) is 6.52. The third kappa shape index (κ3) is 4.00. The SMILES string of the molecule is COc1ccccc1C1SC(c2ccc(F)cc2)=NN1C(=O)c1c(F)cc(F)cc1F. The van der Waals surface area contributed by atoms with Crippen molar-refractivity contribution in [3.8, 4) is 5.75 Å². The van der Waals surface area contributed by atoms with E-state index >= 15 is 0 Å². The Morgan fingerprint density at radius 1 is 0.968 bits per heavy atom. The van der Waals surface area contributed by atoms with Gasteiger partial charge in [0.15, 0.2) is 0 Å². The highest BCUT2D eigenvalue weighted by Crippen LogP contribution is 2.45. The van der Waals surface area contributed by atoms with Crippen LogP contribution in [0.2, 0.25) is 0 Å². The number of nitrogens with zero attached hydrogens (tertiary/aromatic N) is 2. The van der Waals surface area contributed by atoms with E-state index in [9.17, 15) is 22.4 Å². The summed E-state index contributed by atoms with van der Waals surface area (Å²) in [4.78, 5) is 13.1. The second kappa shape index (κ2) is 8.43. The van der Waals surface area contributed by atoms with Crippen molar-refractivity contribution in [1.29, 1.82) is 0 Å². The summed E-state index contributed by atoms with van der Waals surface area (Å²) < 4.78 is 60.6. The molecule has 158 valence electrons. The molecule has 0 saturated carbocycles. The van der Waals surface area contributed by atoms with Gasteiger partial charge in [0.2, 0.25) is 0 Å². The molecule has 0 radical (unpaired) electrons. The van der Waals surface area contributed by atoms with Crippen LogP contribution >= 0.6 is 11.8 Å². The highest BCUT2D eigenvalue weighted by molar-refractivity contribution is 8.14. The molecular formula is C22H14F4N2O2S. The van der Waals surface area contributed by atoms with Crippen molar-refractivity contribution < 1.29 is 27.1 Å². The Kier molecular flexibility index (Phi) is 5.69. The highest BCUT2D eigenvalue weighted by atomic mass is 32.2. The molecule has 1 atom stereocenters. The number of thioether (sulfide) groups is 1. The molecular weight excluding hydrogens is 432 g/mol. The number of halogens is 4. The fraction of sp³-hybridized carbons (Fsp3) is 0.0909. The fourth-order valence-electron chi connectivity index (χ4n) is 3.13. The monoisotopic (exact) mass is 446 g/mol. The van der Waals surface area contributed by atoms with Crippen molar-refractivity contribution in [2.24, 2.45) is 5.10 Å². The van der Waals surface area contributed by atoms with E-state index in [2.05, 4.69) is 5.10 Å². The van der Waals surface area contributed by atoms with Crippen molar-refractivity contribution in [1.82, 2.24) is 5.01 Å². The third-order valence-electron chi connectivity index (χ3n) is 4.57. The van der Waals surface area contributed by atoms with Crippen LogP contribution in [0.15, 0.2) is 65.8 Å². The molecule has 0 N–H and O–H groups in total. The van der Waals surface area contributed by atoms with E-state index in [1.165, 1.54) is 31.4 Å². The number of ether oxygens (including phenoxy) is 1. The topological polar surface area (TPSA) is 41.9 Å². The number of para-hydroxylation sites is 1. The second-order valence-corrected chi connectivity index (χ2v) is 7.59. The quantitative estimate of drug-likeness (QED) is 0.497. The van der Waals surface area contributed by atoms with Gasteiger partial charge in [-0.05, 0) is 30.3 Å². The summed E-state index contributed by atoms with van der Waals surface area (Å²) in [6.45, 7) is 0. The number of carbonyl (C=O) groups is 1. The fourth-order valence-corrected chi connectivity index (χ4v) is 4.31. The molecule has 4 nitrogen and oxygen atoms in total. The van der Waals surface area contributed by atoms with Crippen LogP contribution in [0.1, 0.15) is 26.9 Å². The Balaban J connectivity index is 1.81. The van der Waals surface area contributed by atoms with E-state index < -0.39 is 40.1 Å². The standard InChI is InChI=1S/C22H14F4N2O2S/c1-30-18-5-3-2-4-15(18)22-28(21(29)19-16(25)10-14(24)11-17(19)26)27-20(31-22)12-6-8-13(23)9-7-12/h2-11,22H,1H3. The van der Waals surface area contributed by atoms with Gasteiger partial charge in [0.05, 0.1) is 7.11 Å². The van der Waals surface area contributed by atoms with Gasteiger partial charge in [0.1, 0.15) is 45.0 Å². The molecule has 0 bridgehead atoms. The lowest BCUT2D eigenvalue weighted by atomic mass is 10.1. The highest BCUT2D eigenvalue weighted by Gasteiger charge is 2.38. The Labute approximate surface area is 179 Å². The first-order valence-corrected chi connectivity index (χ1v) is 9.89. The number of methoxy groups -OCH3 is 1. The van der Waals surface area contributed by atoms with Crippen LogP contribution in [0, 0.1) is 23.3 Å². The maximum atomic E-state index is 14.3. The number of hydrogen-bond donors (Lipinski definition) is 0. The van der Waals surface area contributed by atoms with E-state index in [-0.39, 0.29) is 0 Å². The predicted octanol–water partition coefficient (Wildman–Crippen LogP) is 5.50. The largest absolute Gasteiger partial charge is 0.496 e. The lowest BCUT2D eigenvalue weighted by Crippen LogP contribution is -2.28. The lowest BCUT2D eigenvalue weighted by molar-refractivity contribution is 0.0738. The first kappa shape index (κ1) is 20.9. The summed E-state index contributed by atoms with van der Waals surface area (Å²) in [5.74, 6) is -4.91. The van der Waals surface area contributed by atoms with Crippen LogP contribution in [0.3, 0.4) is 0 Å². The minimum atomic E-state index is -1.34. The van der Waals surface area contributed by atoms with Crippen molar-refractivity contribution in [3.63, 3.8) is 0 Å². The van der Waals surface area contributed by atoms with Gasteiger partial charge in [0, 0.05) is 23.3 Å². The van der Waals surface area contributed by atoms with E-state index in [1.807, 2.05) is 0 Å². The zero-order valence-electron chi connectivity index (χ0n) is 16.0. The van der Waals surface area contributed by atoms with E-state index in [1.54, 1.807) is 24.3 Å². The molecule has 1 amide bonds. The maximum absolute atomic E-state index is 14.3. The number of rotatable bonds is 4. The summed E-state index contributed by atoms with van der Waals surface area (Å²) in [5, 5.41) is 4.69. The number of amides is 1. The molecule has 1 aliphatic rings. The third-order valence-corrected chi connectivity index (χ3v) is 5.79. The van der Waals surface area contributed by atoms with Crippen LogP contribution < -0.4 is 4.74 Å². The summed E-state index contributed by atoms with van der Waals surface area (Å²) in [5.41, 5.74) is 0.125. The Morgan fingerprint density at radius 3 is 2.26 bits per heavy atom. The molecule has 0 spiro atoms. The summed E-state index contributed by atoms with van der Waals surface area (Å²) in [6.07, 6.45) is 0. The average molecular weight is 446 g/mol. The molecule has 0 fully saturated rings. The van der Waals surface area contributed by atoms with Crippen LogP contribution in [-0.2, 0) is 0 Å². The summed E-state index contributed by atoms with van der Waals surface area (Å²) in [7, 11) is 1.45. The zero-order chi connectivity index (χ0) is 22.1. The van der Waals surface area contributed by atoms with E-state index in [0.717, 1.165) is 16.8 Å². The van der Waals surface area contributed by atoms with E-state index in [0.29, 0.717) is 34.1 Å². The summed E-state index contributed by atoms with van der Waals surface area (Å²) in [6, 6.07) is 13.1. The molecule has 1 aliphatic heterocycles. The molecule has 3 aromatic rings. The molecule has 0 aromatic heterocycles. The Morgan fingerprint density at radius 2 is 1.61 bits per heavy atom. The number of carbonyl (C=O) groups excluding carboxylic acids is 1. The molecule has 9 heteroatoms. The van der Waals surface area contributed by atoms with Gasteiger partial charge in [-0.15, -0.1) is 0 Å². The molecule has 1 unspecified atom stereocenters. The lowest BCUT2D eigenvalue weighted by Gasteiger charge is -2.23. The zero-order valence-corrected chi connectivity index (χ0v) is 16.8. The van der Waals surface area contributed by atoms with Crippen LogP contribution in [0.5, 0.6) is 5.75 Å². The van der Waals surface area contributed by atoms with E-state index in [4.69, 9.17) is 4.74 Å². The Bertz CT molecular complexity index is 1160. The molecule has 0 saturated heterocycles. The van der Waals surface area contributed by atoms with Crippen molar-refractivity contribution >= 4 is 22.7 Å². The van der Waals surface area contributed by atoms with Crippen LogP contribution in [0.25, 0.3) is 0 Å². The number of benzene rings is 3. The number of hydrogen-bond acceptors (Lipinski definition) is 4. The van der Waals surface area contributed by atoms with Gasteiger partial charge in [-0.25, -0.2) is 22.6 Å². The van der Waals surface area contributed by atoms with Crippen molar-refractivity contribution in [3.05, 3.63) is 101 Å². The molecule has 4 rings (SSSR count). The van der Waals surface area contributed by atoms with Crippen molar-refractivity contribution in [2.75, 3.05) is 7.11 Å². The van der Waals surface area contributed by atoms with Gasteiger partial charge >= 0.3 is 0 Å². The van der Waals surface area contributed by atoms with Gasteiger partial charge < -0.3 is 4.74 Å². The van der Waals surface area contributed by atoms with Crippen LogP contribution in [0.4, 0.5) is 17.6 Å². The van der Waals surface area contributed by atoms with Gasteiger partial charge in [0.25, 0.3) is 5.91 Å². The summed E-state index contributed by atoms with van der Waals surface area (Å²) >= 11 is 1.13. The van der Waals surface area contributed by atoms with Crippen molar-refractivity contribution in [2.45, 2.75) is 5.37 Å². The molecule has 31 heavy (non-hydrogen) atoms. The number of hydrazone groups is 1. The minimum absolute atomic E-state index is 0.340. The van der Waals surface area contributed by atoms with Gasteiger partial charge in [-0.2, -0.15) is 5.10 Å². The molecule has 0 aliphatic carbocycles. The first-order chi connectivity index (χ1) is 14.9. The van der Waals surface area contributed by atoms with Gasteiger partial charge in [-0.1, -0.05) is 30.0 Å².